The van der Waals surface area contributed by atoms with E-state index in [-0.39, 0.29) is 0 Å². The highest BCUT2D eigenvalue weighted by molar-refractivity contribution is 4.97. The van der Waals surface area contributed by atoms with E-state index < -0.39 is 0 Å². The number of hydrogen-bond donors (Lipinski definition) is 1. The maximum atomic E-state index is 4.29. The molecule has 6 nitrogen and oxygen atoms in total. The smallest absolute Gasteiger partial charge is 0.142 e. The first-order valence-corrected chi connectivity index (χ1v) is 6.29. The number of H-pyrrole nitrogens is 1. The Labute approximate surface area is 105 Å². The molecule has 94 valence electrons. The summed E-state index contributed by atoms with van der Waals surface area (Å²) < 4.78 is 0. The fourth-order valence-electron chi connectivity index (χ4n) is 2.46. The summed E-state index contributed by atoms with van der Waals surface area (Å²) in [4.78, 5) is 15.2. The van der Waals surface area contributed by atoms with Gasteiger partial charge in [0.15, 0.2) is 0 Å². The van der Waals surface area contributed by atoms with Gasteiger partial charge in [-0.15, -0.1) is 0 Å². The number of likely N-dealkylation sites (tertiary alicyclic amines) is 1. The van der Waals surface area contributed by atoms with Crippen LogP contribution in [0.1, 0.15) is 37.0 Å². The highest BCUT2D eigenvalue weighted by Gasteiger charge is 2.26. The Balaban J connectivity index is 1.76. The van der Waals surface area contributed by atoms with Crippen LogP contribution in [0.4, 0.5) is 0 Å². The molecule has 0 aliphatic carbocycles. The summed E-state index contributed by atoms with van der Waals surface area (Å²) in [5.74, 6) is 1.81. The summed E-state index contributed by atoms with van der Waals surface area (Å²) in [5.41, 5.74) is 0. The third-order valence-corrected chi connectivity index (χ3v) is 3.33. The molecule has 1 atom stereocenters. The van der Waals surface area contributed by atoms with Gasteiger partial charge in [0.1, 0.15) is 18.0 Å². The topological polar surface area (TPSA) is 70.6 Å². The zero-order chi connectivity index (χ0) is 12.2. The van der Waals surface area contributed by atoms with Gasteiger partial charge in [0.2, 0.25) is 0 Å². The van der Waals surface area contributed by atoms with Crippen LogP contribution in [0.5, 0.6) is 0 Å². The average Bonchev–Trinajstić information content (AvgIpc) is 2.94. The summed E-state index contributed by atoms with van der Waals surface area (Å²) in [6.07, 6.45) is 8.71. The molecule has 0 radical (unpaired) electrons. The minimum Gasteiger partial charge on any atom is -0.286 e. The van der Waals surface area contributed by atoms with Gasteiger partial charge in [-0.1, -0.05) is 6.42 Å². The lowest BCUT2D eigenvalue weighted by molar-refractivity contribution is 0.130. The van der Waals surface area contributed by atoms with Gasteiger partial charge in [0.25, 0.3) is 0 Å². The summed E-state index contributed by atoms with van der Waals surface area (Å²) in [7, 11) is 0. The molecular weight excluding hydrogens is 228 g/mol. The van der Waals surface area contributed by atoms with Crippen molar-refractivity contribution in [3.05, 3.63) is 36.4 Å². The van der Waals surface area contributed by atoms with Gasteiger partial charge in [-0.25, -0.2) is 15.0 Å². The zero-order valence-electron chi connectivity index (χ0n) is 10.2. The van der Waals surface area contributed by atoms with Crippen molar-refractivity contribution in [3.8, 4) is 0 Å². The van der Waals surface area contributed by atoms with Crippen LogP contribution in [-0.4, -0.2) is 36.6 Å². The third kappa shape index (κ3) is 2.38. The quantitative estimate of drug-likeness (QED) is 0.881. The number of rotatable bonds is 3. The number of aromatic nitrogens is 5. The first-order chi connectivity index (χ1) is 8.93. The molecule has 0 amide bonds. The van der Waals surface area contributed by atoms with E-state index >= 15 is 0 Å². The van der Waals surface area contributed by atoms with Gasteiger partial charge in [-0.3, -0.25) is 10.00 Å². The SMILES string of the molecule is c1cnc(CN2CCCC[C@@H]2c2ncn[nH]2)nc1. The first-order valence-electron chi connectivity index (χ1n) is 6.29. The molecule has 1 aliphatic rings. The first kappa shape index (κ1) is 11.3. The molecule has 1 saturated heterocycles. The van der Waals surface area contributed by atoms with Crippen LogP contribution in [0.25, 0.3) is 0 Å². The lowest BCUT2D eigenvalue weighted by atomic mass is 10.0. The van der Waals surface area contributed by atoms with E-state index in [9.17, 15) is 0 Å². The lowest BCUT2D eigenvalue weighted by Gasteiger charge is -2.33. The Hall–Kier alpha value is -1.82. The van der Waals surface area contributed by atoms with Crippen molar-refractivity contribution in [2.75, 3.05) is 6.54 Å². The second kappa shape index (κ2) is 5.22. The minimum atomic E-state index is 0.310. The number of nitrogens with one attached hydrogen (secondary N) is 1. The molecule has 3 rings (SSSR count). The van der Waals surface area contributed by atoms with Crippen molar-refractivity contribution in [2.24, 2.45) is 0 Å². The van der Waals surface area contributed by atoms with Gasteiger partial charge in [0.05, 0.1) is 12.6 Å². The molecule has 0 saturated carbocycles. The monoisotopic (exact) mass is 244 g/mol. The number of piperidine rings is 1. The van der Waals surface area contributed by atoms with E-state index in [1.54, 1.807) is 18.7 Å². The molecule has 2 aromatic rings. The molecule has 1 fully saturated rings. The standard InChI is InChI=1S/C12H16N6/c1-2-7-18(8-11-13-5-3-6-14-11)10(4-1)12-15-9-16-17-12/h3,5-6,9-10H,1-2,4,7-8H2,(H,15,16,17)/t10-/m1/s1. The van der Waals surface area contributed by atoms with Crippen LogP contribution in [0.15, 0.2) is 24.8 Å². The Kier molecular flexibility index (Phi) is 3.27. The van der Waals surface area contributed by atoms with Crippen LogP contribution < -0.4 is 0 Å². The summed E-state index contributed by atoms with van der Waals surface area (Å²) in [6, 6.07) is 2.15. The predicted molar refractivity (Wildman–Crippen MR) is 65.4 cm³/mol. The molecule has 0 unspecified atom stereocenters. The highest BCUT2D eigenvalue weighted by Crippen LogP contribution is 2.29. The fraction of sp³-hybridized carbons (Fsp3) is 0.500. The minimum absolute atomic E-state index is 0.310. The molecule has 2 aromatic heterocycles. The second-order valence-electron chi connectivity index (χ2n) is 4.52. The Morgan fingerprint density at radius 1 is 1.22 bits per heavy atom. The summed E-state index contributed by atoms with van der Waals surface area (Å²) >= 11 is 0. The van der Waals surface area contributed by atoms with Gasteiger partial charge in [0, 0.05) is 12.4 Å². The fourth-order valence-corrected chi connectivity index (χ4v) is 2.46. The van der Waals surface area contributed by atoms with Crippen LogP contribution in [0, 0.1) is 0 Å². The van der Waals surface area contributed by atoms with E-state index in [0.29, 0.717) is 6.04 Å². The molecular formula is C12H16N6. The maximum absolute atomic E-state index is 4.29. The molecule has 1 N–H and O–H groups in total. The molecule has 3 heterocycles. The Morgan fingerprint density at radius 3 is 2.89 bits per heavy atom. The molecule has 0 bridgehead atoms. The normalized spacial score (nSPS) is 21.0. The maximum Gasteiger partial charge on any atom is 0.142 e. The van der Waals surface area contributed by atoms with Crippen molar-refractivity contribution < 1.29 is 0 Å². The highest BCUT2D eigenvalue weighted by atomic mass is 15.3. The predicted octanol–water partition coefficient (Wildman–Crippen LogP) is 1.32. The molecule has 1 aliphatic heterocycles. The van der Waals surface area contributed by atoms with E-state index in [1.807, 2.05) is 6.07 Å². The van der Waals surface area contributed by atoms with E-state index in [4.69, 9.17) is 0 Å². The van der Waals surface area contributed by atoms with Gasteiger partial charge < -0.3 is 0 Å². The second-order valence-corrected chi connectivity index (χ2v) is 4.52. The van der Waals surface area contributed by atoms with Crippen LogP contribution in [-0.2, 0) is 6.54 Å². The molecule has 0 spiro atoms. The summed E-state index contributed by atoms with van der Waals surface area (Å²) in [6.45, 7) is 1.83. The molecule has 6 heteroatoms. The van der Waals surface area contributed by atoms with Crippen molar-refractivity contribution in [1.29, 1.82) is 0 Å². The van der Waals surface area contributed by atoms with Crippen molar-refractivity contribution in [2.45, 2.75) is 31.8 Å². The zero-order valence-corrected chi connectivity index (χ0v) is 10.2. The summed E-state index contributed by atoms with van der Waals surface area (Å²) in [5, 5.41) is 6.92. The van der Waals surface area contributed by atoms with Crippen LogP contribution >= 0.6 is 0 Å². The van der Waals surface area contributed by atoms with Gasteiger partial charge in [-0.2, -0.15) is 5.10 Å². The lowest BCUT2D eigenvalue weighted by Crippen LogP contribution is -2.34. The van der Waals surface area contributed by atoms with Gasteiger partial charge >= 0.3 is 0 Å². The van der Waals surface area contributed by atoms with Crippen molar-refractivity contribution >= 4 is 0 Å². The molecule has 0 aromatic carbocycles. The van der Waals surface area contributed by atoms with E-state index in [2.05, 4.69) is 30.0 Å². The van der Waals surface area contributed by atoms with E-state index in [0.717, 1.165) is 31.2 Å². The largest absolute Gasteiger partial charge is 0.286 e. The third-order valence-electron chi connectivity index (χ3n) is 3.33. The van der Waals surface area contributed by atoms with Crippen LogP contribution in [0.2, 0.25) is 0 Å². The number of nitrogens with zero attached hydrogens (tertiary/aromatic N) is 5. The molecule has 18 heavy (non-hydrogen) atoms. The van der Waals surface area contributed by atoms with Crippen molar-refractivity contribution in [3.63, 3.8) is 0 Å². The van der Waals surface area contributed by atoms with Crippen molar-refractivity contribution in [1.82, 2.24) is 30.0 Å². The van der Waals surface area contributed by atoms with Gasteiger partial charge in [-0.05, 0) is 25.5 Å². The Bertz CT molecular complexity index is 469. The van der Waals surface area contributed by atoms with E-state index in [1.165, 1.54) is 12.8 Å². The Morgan fingerprint density at radius 2 is 2.11 bits per heavy atom. The average molecular weight is 244 g/mol. The number of hydrogen-bond acceptors (Lipinski definition) is 5. The van der Waals surface area contributed by atoms with Crippen LogP contribution in [0.3, 0.4) is 0 Å². The number of aromatic amines is 1.